The molecule has 4 nitrogen and oxygen atoms in total. The first kappa shape index (κ1) is 20.2. The second kappa shape index (κ2) is 7.15. The second-order valence-corrected chi connectivity index (χ2v) is 11.4. The van der Waals surface area contributed by atoms with Crippen molar-refractivity contribution in [1.29, 1.82) is 0 Å². The maximum absolute atomic E-state index is 11.4. The van der Waals surface area contributed by atoms with Gasteiger partial charge in [0.2, 0.25) is 0 Å². The molecule has 1 heterocycles. The maximum Gasteiger partial charge on any atom is 0.115 e. The molecule has 0 amide bonds. The fourth-order valence-electron chi connectivity index (χ4n) is 8.65. The number of aliphatic hydroxyl groups excluding tert-OH is 2. The van der Waals surface area contributed by atoms with Gasteiger partial charge in [0.1, 0.15) is 5.76 Å². The number of likely N-dealkylation sites (tertiary alicyclic amines) is 1. The smallest absolute Gasteiger partial charge is 0.115 e. The molecule has 1 saturated heterocycles. The van der Waals surface area contributed by atoms with Gasteiger partial charge in [-0.3, -0.25) is 0 Å². The van der Waals surface area contributed by atoms with E-state index in [4.69, 9.17) is 4.74 Å². The lowest BCUT2D eigenvalue weighted by molar-refractivity contribution is -0.168. The van der Waals surface area contributed by atoms with Gasteiger partial charge in [-0.2, -0.15) is 0 Å². The van der Waals surface area contributed by atoms with Gasteiger partial charge in [-0.25, -0.2) is 0 Å². The monoisotopic (exact) mass is 403 g/mol. The molecule has 0 aromatic rings. The van der Waals surface area contributed by atoms with Gasteiger partial charge < -0.3 is 19.8 Å². The van der Waals surface area contributed by atoms with Gasteiger partial charge in [-0.05, 0) is 86.9 Å². The third kappa shape index (κ3) is 2.91. The van der Waals surface area contributed by atoms with Crippen molar-refractivity contribution >= 4 is 0 Å². The zero-order chi connectivity index (χ0) is 20.4. The van der Waals surface area contributed by atoms with Crippen LogP contribution in [0, 0.1) is 34.5 Å². The molecular weight excluding hydrogens is 362 g/mol. The summed E-state index contributed by atoms with van der Waals surface area (Å²) >= 11 is 0. The van der Waals surface area contributed by atoms with Crippen LogP contribution in [0.2, 0.25) is 0 Å². The Bertz CT molecular complexity index is 671. The Hall–Kier alpha value is -0.740. The van der Waals surface area contributed by atoms with Gasteiger partial charge in [0.15, 0.2) is 0 Å². The highest BCUT2D eigenvalue weighted by molar-refractivity contribution is 5.29. The molecule has 164 valence electrons. The van der Waals surface area contributed by atoms with E-state index in [0.29, 0.717) is 23.7 Å². The minimum absolute atomic E-state index is 0.141. The van der Waals surface area contributed by atoms with Gasteiger partial charge in [-0.15, -0.1) is 0 Å². The SMILES string of the molecule is COC1=C(N2CCCCC2)[C@@]2(C)CCC3C(C2C1)[C@@H](O)C[C@H]1C[C@@H](O)CC[C@]31C. The van der Waals surface area contributed by atoms with Crippen LogP contribution in [0.1, 0.15) is 78.1 Å². The van der Waals surface area contributed by atoms with Crippen LogP contribution in [0.3, 0.4) is 0 Å². The zero-order valence-corrected chi connectivity index (χ0v) is 18.7. The van der Waals surface area contributed by atoms with E-state index in [1.807, 2.05) is 7.11 Å². The van der Waals surface area contributed by atoms with Crippen LogP contribution >= 0.6 is 0 Å². The third-order valence-corrected chi connectivity index (χ3v) is 10.2. The summed E-state index contributed by atoms with van der Waals surface area (Å²) in [5, 5.41) is 21.7. The van der Waals surface area contributed by atoms with Gasteiger partial charge in [0, 0.05) is 24.9 Å². The molecule has 4 aliphatic carbocycles. The van der Waals surface area contributed by atoms with Crippen molar-refractivity contribution in [2.24, 2.45) is 34.5 Å². The first-order chi connectivity index (χ1) is 13.9. The topological polar surface area (TPSA) is 52.9 Å². The van der Waals surface area contributed by atoms with E-state index >= 15 is 0 Å². The van der Waals surface area contributed by atoms with Gasteiger partial charge in [0.05, 0.1) is 25.0 Å². The first-order valence-electron chi connectivity index (χ1n) is 12.3. The van der Waals surface area contributed by atoms with Crippen molar-refractivity contribution in [3.8, 4) is 0 Å². The standard InChI is InChI=1S/C25H41NO3/c1-24-9-7-17(27)13-16(24)14-20(28)22-18(24)8-10-25(2)19(22)15-21(29-3)23(25)26-11-5-4-6-12-26/h16-20,22,27-28H,4-15H2,1-3H3/t16-,17+,18?,19?,20+,22?,24+,25+/m1/s1. The molecule has 5 rings (SSSR count). The zero-order valence-electron chi connectivity index (χ0n) is 18.7. The van der Waals surface area contributed by atoms with Gasteiger partial charge in [0.25, 0.3) is 0 Å². The molecule has 0 radical (unpaired) electrons. The van der Waals surface area contributed by atoms with Crippen LogP contribution in [-0.2, 0) is 4.74 Å². The summed E-state index contributed by atoms with van der Waals surface area (Å²) in [6, 6.07) is 0. The number of aliphatic hydroxyl groups is 2. The number of methoxy groups -OCH3 is 1. The van der Waals surface area contributed by atoms with E-state index in [1.165, 1.54) is 56.6 Å². The van der Waals surface area contributed by atoms with Crippen LogP contribution in [0.15, 0.2) is 11.5 Å². The highest BCUT2D eigenvalue weighted by Crippen LogP contribution is 2.67. The van der Waals surface area contributed by atoms with E-state index in [1.54, 1.807) is 0 Å². The van der Waals surface area contributed by atoms with Crippen molar-refractivity contribution in [1.82, 2.24) is 4.90 Å². The molecule has 5 aliphatic rings. The first-order valence-corrected chi connectivity index (χ1v) is 12.3. The summed E-state index contributed by atoms with van der Waals surface area (Å²) in [6.07, 6.45) is 10.8. The predicted molar refractivity (Wildman–Crippen MR) is 114 cm³/mol. The lowest BCUT2D eigenvalue weighted by atomic mass is 9.44. The molecule has 2 N–H and O–H groups in total. The number of piperidine rings is 1. The Kier molecular flexibility index (Phi) is 4.98. The summed E-state index contributed by atoms with van der Waals surface area (Å²) < 4.78 is 6.02. The van der Waals surface area contributed by atoms with Crippen LogP contribution in [0.5, 0.6) is 0 Å². The Morgan fingerprint density at radius 2 is 1.72 bits per heavy atom. The quantitative estimate of drug-likeness (QED) is 0.721. The third-order valence-electron chi connectivity index (χ3n) is 10.2. The molecule has 0 bridgehead atoms. The number of hydrogen-bond acceptors (Lipinski definition) is 4. The minimum Gasteiger partial charge on any atom is -0.499 e. The molecule has 0 aromatic carbocycles. The summed E-state index contributed by atoms with van der Waals surface area (Å²) in [4.78, 5) is 2.64. The van der Waals surface area contributed by atoms with Crippen molar-refractivity contribution in [2.75, 3.05) is 20.2 Å². The fraction of sp³-hybridized carbons (Fsp3) is 0.920. The average Bonchev–Trinajstić information content (AvgIpc) is 3.02. The van der Waals surface area contributed by atoms with E-state index in [-0.39, 0.29) is 23.0 Å². The molecule has 4 fully saturated rings. The largest absolute Gasteiger partial charge is 0.499 e. The molecule has 29 heavy (non-hydrogen) atoms. The van der Waals surface area contributed by atoms with Crippen molar-refractivity contribution in [3.05, 3.63) is 11.5 Å². The van der Waals surface area contributed by atoms with Gasteiger partial charge >= 0.3 is 0 Å². The van der Waals surface area contributed by atoms with E-state index in [0.717, 1.165) is 32.1 Å². The normalized spacial score (nSPS) is 50.0. The minimum atomic E-state index is -0.230. The van der Waals surface area contributed by atoms with Crippen molar-refractivity contribution < 1.29 is 14.9 Å². The molecule has 0 aromatic heterocycles. The van der Waals surface area contributed by atoms with E-state index in [2.05, 4.69) is 18.7 Å². The summed E-state index contributed by atoms with van der Waals surface area (Å²) in [7, 11) is 1.86. The predicted octanol–water partition coefficient (Wildman–Crippen LogP) is 4.31. The van der Waals surface area contributed by atoms with Crippen LogP contribution in [-0.4, -0.2) is 47.5 Å². The second-order valence-electron chi connectivity index (χ2n) is 11.4. The van der Waals surface area contributed by atoms with E-state index < -0.39 is 0 Å². The van der Waals surface area contributed by atoms with E-state index in [9.17, 15) is 10.2 Å². The van der Waals surface area contributed by atoms with Crippen molar-refractivity contribution in [2.45, 2.75) is 90.3 Å². The fourth-order valence-corrected chi connectivity index (χ4v) is 8.65. The van der Waals surface area contributed by atoms with Crippen LogP contribution in [0.4, 0.5) is 0 Å². The highest BCUT2D eigenvalue weighted by atomic mass is 16.5. The molecule has 3 saturated carbocycles. The number of hydrogen-bond donors (Lipinski definition) is 2. The lowest BCUT2D eigenvalue weighted by Gasteiger charge is -2.62. The van der Waals surface area contributed by atoms with Crippen LogP contribution < -0.4 is 0 Å². The molecule has 0 spiro atoms. The summed E-state index contributed by atoms with van der Waals surface area (Å²) in [5.41, 5.74) is 1.91. The number of ether oxygens (including phenoxy) is 1. The van der Waals surface area contributed by atoms with Crippen molar-refractivity contribution in [3.63, 3.8) is 0 Å². The summed E-state index contributed by atoms with van der Waals surface area (Å²) in [5.74, 6) is 3.13. The number of allylic oxidation sites excluding steroid dienone is 2. The molecule has 3 unspecified atom stereocenters. The number of nitrogens with zero attached hydrogens (tertiary/aromatic N) is 1. The number of fused-ring (bicyclic) bond motifs is 5. The number of rotatable bonds is 2. The Labute approximate surface area is 176 Å². The Balaban J connectivity index is 1.47. The van der Waals surface area contributed by atoms with Gasteiger partial charge in [-0.1, -0.05) is 13.8 Å². The Morgan fingerprint density at radius 3 is 2.45 bits per heavy atom. The molecule has 4 heteroatoms. The maximum atomic E-state index is 11.4. The Morgan fingerprint density at radius 1 is 0.966 bits per heavy atom. The lowest BCUT2D eigenvalue weighted by Crippen LogP contribution is -2.58. The molecule has 8 atom stereocenters. The molecule has 1 aliphatic heterocycles. The summed E-state index contributed by atoms with van der Waals surface area (Å²) in [6.45, 7) is 7.30. The average molecular weight is 404 g/mol. The van der Waals surface area contributed by atoms with Crippen LogP contribution in [0.25, 0.3) is 0 Å². The highest BCUT2D eigenvalue weighted by Gasteiger charge is 2.63. The molecular formula is C25H41NO3.